The number of halogens is 2. The van der Waals surface area contributed by atoms with Crippen molar-refractivity contribution in [3.8, 4) is 0 Å². The van der Waals surface area contributed by atoms with E-state index in [1.54, 1.807) is 0 Å². The molecule has 1 aliphatic carbocycles. The van der Waals surface area contributed by atoms with Crippen LogP contribution in [0, 0.1) is 5.82 Å². The fraction of sp³-hybridized carbons (Fsp3) is 0.538. The lowest BCUT2D eigenvalue weighted by atomic mass is 9.83. The third-order valence-electron chi connectivity index (χ3n) is 3.65. The summed E-state index contributed by atoms with van der Waals surface area (Å²) in [6.45, 7) is 0.207. The van der Waals surface area contributed by atoms with Crippen LogP contribution in [-0.2, 0) is 10.0 Å². The molecule has 0 spiro atoms. The van der Waals surface area contributed by atoms with Crippen molar-refractivity contribution in [1.82, 2.24) is 4.72 Å². The Kier molecular flexibility index (Phi) is 4.84. The molecule has 0 heterocycles. The number of hydrogen-bond donors (Lipinski definition) is 2. The number of rotatable bonds is 4. The van der Waals surface area contributed by atoms with E-state index in [1.165, 1.54) is 6.07 Å². The highest BCUT2D eigenvalue weighted by Gasteiger charge is 2.29. The zero-order valence-corrected chi connectivity index (χ0v) is 13.4. The normalized spacial score (nSPS) is 18.9. The molecule has 0 saturated heterocycles. The van der Waals surface area contributed by atoms with Gasteiger partial charge in [-0.15, -0.1) is 0 Å². The van der Waals surface area contributed by atoms with Crippen molar-refractivity contribution in [2.45, 2.75) is 42.5 Å². The number of nitrogens with two attached hydrogens (primary N) is 1. The number of nitrogens with one attached hydrogen (secondary N) is 1. The van der Waals surface area contributed by atoms with Gasteiger partial charge in [-0.05, 0) is 47.0 Å². The maximum Gasteiger partial charge on any atom is 0.241 e. The van der Waals surface area contributed by atoms with Gasteiger partial charge in [0.1, 0.15) is 5.82 Å². The predicted molar refractivity (Wildman–Crippen MR) is 79.3 cm³/mol. The van der Waals surface area contributed by atoms with Crippen LogP contribution < -0.4 is 10.5 Å². The molecule has 1 saturated carbocycles. The largest absolute Gasteiger partial charge is 0.324 e. The molecule has 0 atom stereocenters. The van der Waals surface area contributed by atoms with Crippen LogP contribution in [0.25, 0.3) is 0 Å². The first kappa shape index (κ1) is 15.9. The first-order valence-corrected chi connectivity index (χ1v) is 8.84. The van der Waals surface area contributed by atoms with Crippen LogP contribution in [0.2, 0.25) is 0 Å². The Labute approximate surface area is 127 Å². The molecular weight excluding hydrogens is 347 g/mol. The SMILES string of the molecule is NC1(CNS(=O)(=O)c2ccc(F)cc2Br)CCCCC1. The minimum Gasteiger partial charge on any atom is -0.324 e. The Bertz CT molecular complexity index is 586. The van der Waals surface area contributed by atoms with Crippen molar-refractivity contribution in [3.05, 3.63) is 28.5 Å². The standard InChI is InChI=1S/C13H18BrFN2O2S/c14-11-8-10(15)4-5-12(11)20(18,19)17-9-13(16)6-2-1-3-7-13/h4-5,8,17H,1-3,6-7,9,16H2. The molecule has 112 valence electrons. The van der Waals surface area contributed by atoms with Crippen LogP contribution in [0.4, 0.5) is 4.39 Å². The van der Waals surface area contributed by atoms with E-state index < -0.39 is 21.4 Å². The highest BCUT2D eigenvalue weighted by Crippen LogP contribution is 2.27. The monoisotopic (exact) mass is 364 g/mol. The summed E-state index contributed by atoms with van der Waals surface area (Å²) < 4.78 is 40.2. The molecule has 3 N–H and O–H groups in total. The van der Waals surface area contributed by atoms with Gasteiger partial charge >= 0.3 is 0 Å². The molecule has 0 unspecified atom stereocenters. The lowest BCUT2D eigenvalue weighted by Gasteiger charge is -2.33. The molecule has 1 fully saturated rings. The van der Waals surface area contributed by atoms with Crippen LogP contribution >= 0.6 is 15.9 Å². The van der Waals surface area contributed by atoms with Crippen molar-refractivity contribution in [3.63, 3.8) is 0 Å². The number of sulfonamides is 1. The van der Waals surface area contributed by atoms with Gasteiger partial charge in [0.05, 0.1) is 4.90 Å². The Morgan fingerprint density at radius 1 is 1.30 bits per heavy atom. The van der Waals surface area contributed by atoms with Crippen molar-refractivity contribution in [2.24, 2.45) is 5.73 Å². The summed E-state index contributed by atoms with van der Waals surface area (Å²) in [6, 6.07) is 3.50. The molecule has 1 aromatic rings. The van der Waals surface area contributed by atoms with Gasteiger partial charge in [0.15, 0.2) is 0 Å². The molecule has 0 aliphatic heterocycles. The average Bonchev–Trinajstić information content (AvgIpc) is 2.37. The second kappa shape index (κ2) is 6.09. The van der Waals surface area contributed by atoms with Crippen LogP contribution in [0.15, 0.2) is 27.6 Å². The second-order valence-corrected chi connectivity index (χ2v) is 7.91. The number of hydrogen-bond acceptors (Lipinski definition) is 3. The minimum absolute atomic E-state index is 0.0262. The van der Waals surface area contributed by atoms with E-state index >= 15 is 0 Å². The van der Waals surface area contributed by atoms with E-state index in [9.17, 15) is 12.8 Å². The number of benzene rings is 1. The predicted octanol–water partition coefficient (Wildman–Crippen LogP) is 2.53. The van der Waals surface area contributed by atoms with Crippen molar-refractivity contribution >= 4 is 26.0 Å². The summed E-state index contributed by atoms with van der Waals surface area (Å²) in [5.74, 6) is -0.488. The summed E-state index contributed by atoms with van der Waals surface area (Å²) in [7, 11) is -3.69. The highest BCUT2D eigenvalue weighted by molar-refractivity contribution is 9.10. The molecule has 1 aromatic carbocycles. The van der Waals surface area contributed by atoms with E-state index in [1.807, 2.05) is 0 Å². The van der Waals surface area contributed by atoms with Gasteiger partial charge in [-0.2, -0.15) is 0 Å². The molecule has 7 heteroatoms. The smallest absolute Gasteiger partial charge is 0.241 e. The van der Waals surface area contributed by atoms with Gasteiger partial charge < -0.3 is 5.73 Å². The van der Waals surface area contributed by atoms with E-state index in [2.05, 4.69) is 20.7 Å². The van der Waals surface area contributed by atoms with Crippen molar-refractivity contribution in [1.29, 1.82) is 0 Å². The molecule has 4 nitrogen and oxygen atoms in total. The Hall–Kier alpha value is -0.500. The average molecular weight is 365 g/mol. The van der Waals surface area contributed by atoms with Crippen LogP contribution in [0.1, 0.15) is 32.1 Å². The molecule has 2 rings (SSSR count). The summed E-state index contributed by atoms with van der Waals surface area (Å²) in [5, 5.41) is 0. The lowest BCUT2D eigenvalue weighted by Crippen LogP contribution is -2.51. The zero-order chi connectivity index (χ0) is 14.8. The summed E-state index contributed by atoms with van der Waals surface area (Å²) in [4.78, 5) is 0.0262. The summed E-state index contributed by atoms with van der Waals surface area (Å²) >= 11 is 3.07. The quantitative estimate of drug-likeness (QED) is 0.861. The van der Waals surface area contributed by atoms with Gasteiger partial charge in [-0.25, -0.2) is 17.5 Å². The molecule has 20 heavy (non-hydrogen) atoms. The maximum atomic E-state index is 13.0. The van der Waals surface area contributed by atoms with Gasteiger partial charge in [-0.3, -0.25) is 0 Å². The first-order chi connectivity index (χ1) is 9.32. The van der Waals surface area contributed by atoms with Crippen molar-refractivity contribution in [2.75, 3.05) is 6.54 Å². The molecule has 0 radical (unpaired) electrons. The summed E-state index contributed by atoms with van der Waals surface area (Å²) in [5.41, 5.74) is 5.73. The van der Waals surface area contributed by atoms with Gasteiger partial charge in [0, 0.05) is 16.6 Å². The van der Waals surface area contributed by atoms with E-state index in [0.717, 1.165) is 44.2 Å². The minimum atomic E-state index is -3.69. The Balaban J connectivity index is 2.11. The molecule has 0 amide bonds. The zero-order valence-electron chi connectivity index (χ0n) is 11.0. The van der Waals surface area contributed by atoms with Gasteiger partial charge in [0.25, 0.3) is 0 Å². The second-order valence-electron chi connectivity index (χ2n) is 5.32. The molecule has 0 bridgehead atoms. The molecule has 1 aliphatic rings. The molecular formula is C13H18BrFN2O2S. The Morgan fingerprint density at radius 3 is 2.55 bits per heavy atom. The van der Waals surface area contributed by atoms with E-state index in [0.29, 0.717) is 0 Å². The van der Waals surface area contributed by atoms with E-state index in [4.69, 9.17) is 5.73 Å². The Morgan fingerprint density at radius 2 is 1.95 bits per heavy atom. The third kappa shape index (κ3) is 3.78. The van der Waals surface area contributed by atoms with Crippen LogP contribution in [0.5, 0.6) is 0 Å². The van der Waals surface area contributed by atoms with E-state index in [-0.39, 0.29) is 15.9 Å². The van der Waals surface area contributed by atoms with Crippen molar-refractivity contribution < 1.29 is 12.8 Å². The highest BCUT2D eigenvalue weighted by atomic mass is 79.9. The van der Waals surface area contributed by atoms with Gasteiger partial charge in [0.2, 0.25) is 10.0 Å². The maximum absolute atomic E-state index is 13.0. The third-order valence-corrected chi connectivity index (χ3v) is 6.02. The van der Waals surface area contributed by atoms with Crippen LogP contribution in [-0.4, -0.2) is 20.5 Å². The fourth-order valence-electron chi connectivity index (χ4n) is 2.44. The van der Waals surface area contributed by atoms with Gasteiger partial charge in [-0.1, -0.05) is 19.3 Å². The molecule has 0 aromatic heterocycles. The lowest BCUT2D eigenvalue weighted by molar-refractivity contribution is 0.296. The summed E-state index contributed by atoms with van der Waals surface area (Å²) in [6.07, 6.45) is 4.84. The van der Waals surface area contributed by atoms with Crippen LogP contribution in [0.3, 0.4) is 0 Å². The first-order valence-electron chi connectivity index (χ1n) is 6.56. The topological polar surface area (TPSA) is 72.2 Å². The fourth-order valence-corrected chi connectivity index (χ4v) is 4.63.